The zero-order valence-electron chi connectivity index (χ0n) is 44.0. The summed E-state index contributed by atoms with van der Waals surface area (Å²) in [5.74, 6) is -0.865. The molecule has 384 valence electrons. The van der Waals surface area contributed by atoms with E-state index in [9.17, 15) is 14.4 Å². The van der Waals surface area contributed by atoms with Gasteiger partial charge >= 0.3 is 17.9 Å². The van der Waals surface area contributed by atoms with Crippen LogP contribution in [0.15, 0.2) is 12.2 Å². The summed E-state index contributed by atoms with van der Waals surface area (Å²) in [7, 11) is 0. The first kappa shape index (κ1) is 63.1. The number of hydrogen-bond donors (Lipinski definition) is 0. The molecule has 0 saturated carbocycles. The number of carbonyl (C=O) groups excluding carboxylic acids is 3. The molecule has 0 spiro atoms. The molecular formula is C59H112O6. The highest BCUT2D eigenvalue weighted by atomic mass is 16.6. The second-order valence-electron chi connectivity index (χ2n) is 19.9. The van der Waals surface area contributed by atoms with Crippen LogP contribution in [0.3, 0.4) is 0 Å². The Kier molecular flexibility index (Phi) is 53.2. The van der Waals surface area contributed by atoms with Gasteiger partial charge in [-0.2, -0.15) is 0 Å². The number of unbranched alkanes of at least 4 members (excludes halogenated alkanes) is 41. The summed E-state index contributed by atoms with van der Waals surface area (Å²) in [6, 6.07) is 0. The summed E-state index contributed by atoms with van der Waals surface area (Å²) in [6.07, 6.45) is 62.5. The number of hydrogen-bond acceptors (Lipinski definition) is 6. The molecule has 0 radical (unpaired) electrons. The molecule has 0 bridgehead atoms. The predicted molar refractivity (Wildman–Crippen MR) is 280 cm³/mol. The normalized spacial score (nSPS) is 12.0. The SMILES string of the molecule is CCCC/C=C\CCCCCCCC(=O)OC(COC(=O)CCCCCCCCCC)COC(=O)CCCCCCCCCCCCCCCCCCCCCCCCCCCCCC. The fourth-order valence-corrected chi connectivity index (χ4v) is 8.84. The average Bonchev–Trinajstić information content (AvgIpc) is 3.30. The zero-order chi connectivity index (χ0) is 47.2. The lowest BCUT2D eigenvalue weighted by Gasteiger charge is -2.18. The van der Waals surface area contributed by atoms with Crippen LogP contribution >= 0.6 is 0 Å². The molecule has 0 aliphatic rings. The Morgan fingerprint density at radius 3 is 0.815 bits per heavy atom. The molecule has 6 heteroatoms. The van der Waals surface area contributed by atoms with Crippen molar-refractivity contribution in [2.45, 2.75) is 335 Å². The van der Waals surface area contributed by atoms with E-state index in [0.717, 1.165) is 64.2 Å². The van der Waals surface area contributed by atoms with Crippen molar-refractivity contribution in [3.05, 3.63) is 12.2 Å². The van der Waals surface area contributed by atoms with Crippen LogP contribution < -0.4 is 0 Å². The smallest absolute Gasteiger partial charge is 0.306 e. The van der Waals surface area contributed by atoms with Gasteiger partial charge in [0.1, 0.15) is 13.2 Å². The van der Waals surface area contributed by atoms with E-state index in [-0.39, 0.29) is 31.1 Å². The van der Waals surface area contributed by atoms with Crippen molar-refractivity contribution >= 4 is 17.9 Å². The Bertz CT molecular complexity index is 1010. The number of ether oxygens (including phenoxy) is 3. The van der Waals surface area contributed by atoms with Crippen molar-refractivity contribution in [2.24, 2.45) is 0 Å². The summed E-state index contributed by atoms with van der Waals surface area (Å²) in [5.41, 5.74) is 0. The van der Waals surface area contributed by atoms with E-state index in [1.54, 1.807) is 0 Å². The Morgan fingerprint density at radius 2 is 0.523 bits per heavy atom. The molecule has 6 nitrogen and oxygen atoms in total. The molecule has 0 amide bonds. The van der Waals surface area contributed by atoms with Crippen LogP contribution in [-0.4, -0.2) is 37.2 Å². The molecular weight excluding hydrogens is 805 g/mol. The van der Waals surface area contributed by atoms with Crippen molar-refractivity contribution in [1.29, 1.82) is 0 Å². The molecule has 0 rings (SSSR count). The number of rotatable bonds is 54. The lowest BCUT2D eigenvalue weighted by atomic mass is 10.0. The molecule has 1 atom stereocenters. The maximum absolute atomic E-state index is 12.7. The summed E-state index contributed by atoms with van der Waals surface area (Å²) < 4.78 is 16.8. The van der Waals surface area contributed by atoms with E-state index in [1.165, 1.54) is 225 Å². The van der Waals surface area contributed by atoms with Crippen molar-refractivity contribution < 1.29 is 28.6 Å². The van der Waals surface area contributed by atoms with Gasteiger partial charge in [0, 0.05) is 19.3 Å². The van der Waals surface area contributed by atoms with Gasteiger partial charge in [-0.1, -0.05) is 283 Å². The van der Waals surface area contributed by atoms with Gasteiger partial charge < -0.3 is 14.2 Å². The molecule has 65 heavy (non-hydrogen) atoms. The fourth-order valence-electron chi connectivity index (χ4n) is 8.84. The highest BCUT2D eigenvalue weighted by Crippen LogP contribution is 2.18. The molecule has 0 aromatic rings. The van der Waals surface area contributed by atoms with E-state index in [2.05, 4.69) is 32.9 Å². The summed E-state index contributed by atoms with van der Waals surface area (Å²) in [5, 5.41) is 0. The van der Waals surface area contributed by atoms with E-state index in [0.29, 0.717) is 19.3 Å². The third-order valence-electron chi connectivity index (χ3n) is 13.3. The van der Waals surface area contributed by atoms with E-state index >= 15 is 0 Å². The van der Waals surface area contributed by atoms with Crippen LogP contribution in [0.4, 0.5) is 0 Å². The lowest BCUT2D eigenvalue weighted by Crippen LogP contribution is -2.30. The first-order valence-electron chi connectivity index (χ1n) is 29.2. The first-order valence-corrected chi connectivity index (χ1v) is 29.2. The largest absolute Gasteiger partial charge is 0.462 e. The summed E-state index contributed by atoms with van der Waals surface area (Å²) in [4.78, 5) is 37.8. The summed E-state index contributed by atoms with van der Waals surface area (Å²) in [6.45, 7) is 6.61. The molecule has 0 aliphatic carbocycles. The Morgan fingerprint density at radius 1 is 0.292 bits per heavy atom. The van der Waals surface area contributed by atoms with Crippen LogP contribution in [0.1, 0.15) is 329 Å². The van der Waals surface area contributed by atoms with Gasteiger partial charge in [-0.05, 0) is 38.5 Å². The van der Waals surface area contributed by atoms with Crippen LogP contribution in [0.5, 0.6) is 0 Å². The van der Waals surface area contributed by atoms with Gasteiger partial charge in [-0.3, -0.25) is 14.4 Å². The van der Waals surface area contributed by atoms with E-state index < -0.39 is 6.10 Å². The van der Waals surface area contributed by atoms with Crippen LogP contribution in [0.25, 0.3) is 0 Å². The van der Waals surface area contributed by atoms with Crippen molar-refractivity contribution in [3.63, 3.8) is 0 Å². The Labute approximate surface area is 405 Å². The monoisotopic (exact) mass is 917 g/mol. The number of esters is 3. The van der Waals surface area contributed by atoms with E-state index in [4.69, 9.17) is 14.2 Å². The minimum atomic E-state index is -0.767. The molecule has 0 N–H and O–H groups in total. The Hall–Kier alpha value is -1.85. The highest BCUT2D eigenvalue weighted by Gasteiger charge is 2.19. The second kappa shape index (κ2) is 54.8. The molecule has 0 saturated heterocycles. The van der Waals surface area contributed by atoms with Gasteiger partial charge in [0.25, 0.3) is 0 Å². The standard InChI is InChI=1S/C59H112O6/c1-4-7-10-13-16-19-21-22-23-24-25-26-27-28-29-30-31-32-33-34-35-36-37-39-40-43-46-49-52-58(61)64-55-56(54-63-57(60)51-48-45-42-18-15-12-9-6-3)65-59(62)53-50-47-44-41-38-20-17-14-11-8-5-2/h14,17,56H,4-13,15-16,18-55H2,1-3H3/b17-14-. The third kappa shape index (κ3) is 53.0. The molecule has 0 aromatic heterocycles. The lowest BCUT2D eigenvalue weighted by molar-refractivity contribution is -0.167. The van der Waals surface area contributed by atoms with Crippen LogP contribution in [0, 0.1) is 0 Å². The maximum Gasteiger partial charge on any atom is 0.306 e. The number of carbonyl (C=O) groups is 3. The van der Waals surface area contributed by atoms with Gasteiger partial charge in [-0.25, -0.2) is 0 Å². The predicted octanol–water partition coefficient (Wildman–Crippen LogP) is 19.3. The minimum absolute atomic E-state index is 0.0685. The van der Waals surface area contributed by atoms with Gasteiger partial charge in [0.15, 0.2) is 6.10 Å². The van der Waals surface area contributed by atoms with Gasteiger partial charge in [0.2, 0.25) is 0 Å². The first-order chi connectivity index (χ1) is 32.0. The molecule has 0 aliphatic heterocycles. The van der Waals surface area contributed by atoms with E-state index in [1.807, 2.05) is 0 Å². The molecule has 0 heterocycles. The van der Waals surface area contributed by atoms with Crippen LogP contribution in [-0.2, 0) is 28.6 Å². The number of allylic oxidation sites excluding steroid dienone is 2. The quantitative estimate of drug-likeness (QED) is 0.0262. The summed E-state index contributed by atoms with van der Waals surface area (Å²) >= 11 is 0. The van der Waals surface area contributed by atoms with Crippen molar-refractivity contribution in [2.75, 3.05) is 13.2 Å². The fraction of sp³-hybridized carbons (Fsp3) is 0.915. The topological polar surface area (TPSA) is 78.9 Å². The van der Waals surface area contributed by atoms with Crippen molar-refractivity contribution in [1.82, 2.24) is 0 Å². The Balaban J connectivity index is 3.98. The maximum atomic E-state index is 12.7. The van der Waals surface area contributed by atoms with Gasteiger partial charge in [-0.15, -0.1) is 0 Å². The van der Waals surface area contributed by atoms with Gasteiger partial charge in [0.05, 0.1) is 0 Å². The minimum Gasteiger partial charge on any atom is -0.462 e. The second-order valence-corrected chi connectivity index (χ2v) is 19.9. The van der Waals surface area contributed by atoms with Crippen LogP contribution in [0.2, 0.25) is 0 Å². The van der Waals surface area contributed by atoms with Crippen molar-refractivity contribution in [3.8, 4) is 0 Å². The molecule has 1 unspecified atom stereocenters. The third-order valence-corrected chi connectivity index (χ3v) is 13.3. The average molecular weight is 918 g/mol. The molecule has 0 fully saturated rings. The highest BCUT2D eigenvalue weighted by molar-refractivity contribution is 5.71. The zero-order valence-corrected chi connectivity index (χ0v) is 44.0. The molecule has 0 aromatic carbocycles.